The highest BCUT2D eigenvalue weighted by Crippen LogP contribution is 2.31. The van der Waals surface area contributed by atoms with Crippen molar-refractivity contribution in [1.29, 1.82) is 0 Å². The van der Waals surface area contributed by atoms with Crippen molar-refractivity contribution in [2.75, 3.05) is 6.54 Å². The third-order valence-electron chi connectivity index (χ3n) is 2.29. The summed E-state index contributed by atoms with van der Waals surface area (Å²) in [5.74, 6) is 0.922. The zero-order valence-electron chi connectivity index (χ0n) is 9.02. The van der Waals surface area contributed by atoms with Crippen molar-refractivity contribution in [3.63, 3.8) is 0 Å². The minimum absolute atomic E-state index is 0.183. The van der Waals surface area contributed by atoms with E-state index in [1.807, 2.05) is 0 Å². The van der Waals surface area contributed by atoms with E-state index in [0.717, 1.165) is 32.2 Å². The van der Waals surface area contributed by atoms with Crippen LogP contribution >= 0.6 is 0 Å². The van der Waals surface area contributed by atoms with Crippen LogP contribution in [0.2, 0.25) is 0 Å². The number of carbonyl (C=O) groups excluding carboxylic acids is 1. The van der Waals surface area contributed by atoms with Gasteiger partial charge in [0.15, 0.2) is 0 Å². The second-order valence-corrected chi connectivity index (χ2v) is 5.02. The van der Waals surface area contributed by atoms with Gasteiger partial charge < -0.3 is 5.32 Å². The first-order chi connectivity index (χ1) is 5.99. The number of nitrogens with one attached hydrogen (secondary N) is 1. The molecule has 0 heterocycles. The highest BCUT2D eigenvalue weighted by Gasteiger charge is 2.28. The molecule has 76 valence electrons. The first-order valence-corrected chi connectivity index (χ1v) is 5.27. The van der Waals surface area contributed by atoms with Gasteiger partial charge in [0.05, 0.1) is 0 Å². The molecule has 2 nitrogen and oxygen atoms in total. The van der Waals surface area contributed by atoms with Gasteiger partial charge in [-0.3, -0.25) is 4.79 Å². The van der Waals surface area contributed by atoms with Crippen LogP contribution in [0, 0.1) is 5.92 Å². The van der Waals surface area contributed by atoms with Gasteiger partial charge in [-0.05, 0) is 46.6 Å². The topological polar surface area (TPSA) is 29.1 Å². The highest BCUT2D eigenvalue weighted by molar-refractivity contribution is 5.83. The molecular formula is C11H21NO. The normalized spacial score (nSPS) is 17.5. The van der Waals surface area contributed by atoms with Gasteiger partial charge in [-0.2, -0.15) is 0 Å². The first-order valence-electron chi connectivity index (χ1n) is 5.27. The fourth-order valence-electron chi connectivity index (χ4n) is 1.34. The van der Waals surface area contributed by atoms with E-state index in [2.05, 4.69) is 26.1 Å². The smallest absolute Gasteiger partial charge is 0.136 e. The van der Waals surface area contributed by atoms with E-state index in [9.17, 15) is 4.79 Å². The predicted molar refractivity (Wildman–Crippen MR) is 54.7 cm³/mol. The Bertz CT molecular complexity index is 177. The summed E-state index contributed by atoms with van der Waals surface area (Å²) in [6.45, 7) is 7.41. The summed E-state index contributed by atoms with van der Waals surface area (Å²) in [7, 11) is 0. The fraction of sp³-hybridized carbons (Fsp3) is 0.909. The lowest BCUT2D eigenvalue weighted by atomic mass is 10.1. The van der Waals surface area contributed by atoms with Crippen LogP contribution in [0.3, 0.4) is 0 Å². The Balaban J connectivity index is 1.97. The van der Waals surface area contributed by atoms with Crippen LogP contribution in [0.15, 0.2) is 0 Å². The van der Waals surface area contributed by atoms with Gasteiger partial charge in [0.2, 0.25) is 0 Å². The van der Waals surface area contributed by atoms with Gasteiger partial charge >= 0.3 is 0 Å². The van der Waals surface area contributed by atoms with E-state index < -0.39 is 0 Å². The molecule has 0 radical (unpaired) electrons. The van der Waals surface area contributed by atoms with E-state index in [1.165, 1.54) is 0 Å². The predicted octanol–water partition coefficient (Wildman–Crippen LogP) is 2.13. The molecule has 1 N–H and O–H groups in total. The number of hydrogen-bond donors (Lipinski definition) is 1. The summed E-state index contributed by atoms with van der Waals surface area (Å²) in [5, 5.41) is 3.38. The van der Waals surface area contributed by atoms with Crippen LogP contribution in [-0.2, 0) is 4.79 Å². The Hall–Kier alpha value is -0.370. The summed E-state index contributed by atoms with van der Waals surface area (Å²) in [4.78, 5) is 11.3. The molecule has 0 bridgehead atoms. The van der Waals surface area contributed by atoms with Gasteiger partial charge in [0, 0.05) is 17.9 Å². The number of Topliss-reactive ketones (excluding diaryl/α,β-unsaturated/α-hetero) is 1. The molecule has 0 atom stereocenters. The van der Waals surface area contributed by atoms with Gasteiger partial charge in [-0.1, -0.05) is 0 Å². The zero-order chi connectivity index (χ0) is 9.90. The summed E-state index contributed by atoms with van der Waals surface area (Å²) < 4.78 is 0. The van der Waals surface area contributed by atoms with E-state index >= 15 is 0 Å². The SMILES string of the molecule is CC(C)(C)NCCCC(=O)C1CC1. The largest absolute Gasteiger partial charge is 0.312 e. The van der Waals surface area contributed by atoms with Crippen LogP contribution in [-0.4, -0.2) is 17.9 Å². The molecule has 2 heteroatoms. The molecule has 0 aromatic carbocycles. The zero-order valence-corrected chi connectivity index (χ0v) is 9.02. The Morgan fingerprint density at radius 2 is 2.00 bits per heavy atom. The number of ketones is 1. The molecule has 1 aliphatic rings. The van der Waals surface area contributed by atoms with Gasteiger partial charge in [-0.25, -0.2) is 0 Å². The maximum absolute atomic E-state index is 11.3. The molecule has 0 unspecified atom stereocenters. The number of hydrogen-bond acceptors (Lipinski definition) is 2. The minimum Gasteiger partial charge on any atom is -0.312 e. The Kier molecular flexibility index (Phi) is 3.48. The van der Waals surface area contributed by atoms with Crippen LogP contribution in [0.4, 0.5) is 0 Å². The lowest BCUT2D eigenvalue weighted by Crippen LogP contribution is -2.36. The summed E-state index contributed by atoms with van der Waals surface area (Å²) in [6, 6.07) is 0. The van der Waals surface area contributed by atoms with Gasteiger partial charge in [-0.15, -0.1) is 0 Å². The molecule has 0 spiro atoms. The monoisotopic (exact) mass is 183 g/mol. The number of rotatable bonds is 5. The highest BCUT2D eigenvalue weighted by atomic mass is 16.1. The van der Waals surface area contributed by atoms with Crippen molar-refractivity contribution < 1.29 is 4.79 Å². The summed E-state index contributed by atoms with van der Waals surface area (Å²) in [6.07, 6.45) is 4.05. The molecular weight excluding hydrogens is 162 g/mol. The molecule has 0 aromatic rings. The number of carbonyl (C=O) groups is 1. The maximum Gasteiger partial charge on any atom is 0.136 e. The van der Waals surface area contributed by atoms with Gasteiger partial charge in [0.25, 0.3) is 0 Å². The second kappa shape index (κ2) is 4.23. The second-order valence-electron chi connectivity index (χ2n) is 5.02. The van der Waals surface area contributed by atoms with Crippen molar-refractivity contribution in [2.45, 2.75) is 52.0 Å². The molecule has 0 aliphatic heterocycles. The van der Waals surface area contributed by atoms with Crippen LogP contribution in [0.25, 0.3) is 0 Å². The van der Waals surface area contributed by atoms with Crippen LogP contribution in [0.5, 0.6) is 0 Å². The Labute approximate surface area is 81.1 Å². The molecule has 0 aromatic heterocycles. The van der Waals surface area contributed by atoms with E-state index in [1.54, 1.807) is 0 Å². The van der Waals surface area contributed by atoms with E-state index in [0.29, 0.717) is 11.7 Å². The Morgan fingerprint density at radius 1 is 1.38 bits per heavy atom. The molecule has 1 saturated carbocycles. The average Bonchev–Trinajstić information content (AvgIpc) is 2.77. The molecule has 0 saturated heterocycles. The van der Waals surface area contributed by atoms with Crippen molar-refractivity contribution in [3.05, 3.63) is 0 Å². The van der Waals surface area contributed by atoms with Crippen LogP contribution < -0.4 is 5.32 Å². The fourth-order valence-corrected chi connectivity index (χ4v) is 1.34. The maximum atomic E-state index is 11.3. The molecule has 1 rings (SSSR count). The molecule has 1 aliphatic carbocycles. The van der Waals surface area contributed by atoms with Crippen molar-refractivity contribution >= 4 is 5.78 Å². The lowest BCUT2D eigenvalue weighted by Gasteiger charge is -2.20. The summed E-state index contributed by atoms with van der Waals surface area (Å²) in [5.41, 5.74) is 0.183. The average molecular weight is 183 g/mol. The third kappa shape index (κ3) is 5.04. The third-order valence-corrected chi connectivity index (χ3v) is 2.29. The minimum atomic E-state index is 0.183. The molecule has 13 heavy (non-hydrogen) atoms. The van der Waals surface area contributed by atoms with Gasteiger partial charge in [0.1, 0.15) is 5.78 Å². The van der Waals surface area contributed by atoms with E-state index in [4.69, 9.17) is 0 Å². The van der Waals surface area contributed by atoms with E-state index in [-0.39, 0.29) is 5.54 Å². The summed E-state index contributed by atoms with van der Waals surface area (Å²) >= 11 is 0. The molecule has 0 amide bonds. The standard InChI is InChI=1S/C11H21NO/c1-11(2,3)12-8-4-5-10(13)9-6-7-9/h9,12H,4-8H2,1-3H3. The quantitative estimate of drug-likeness (QED) is 0.662. The lowest BCUT2D eigenvalue weighted by molar-refractivity contribution is -0.120. The van der Waals surface area contributed by atoms with Crippen molar-refractivity contribution in [3.8, 4) is 0 Å². The van der Waals surface area contributed by atoms with Crippen LogP contribution in [0.1, 0.15) is 46.5 Å². The molecule has 1 fully saturated rings. The van der Waals surface area contributed by atoms with Crippen molar-refractivity contribution in [1.82, 2.24) is 5.32 Å². The first kappa shape index (κ1) is 10.7. The Morgan fingerprint density at radius 3 is 2.46 bits per heavy atom. The van der Waals surface area contributed by atoms with Crippen molar-refractivity contribution in [2.24, 2.45) is 5.92 Å².